The van der Waals surface area contributed by atoms with Gasteiger partial charge in [0, 0.05) is 9.75 Å². The van der Waals surface area contributed by atoms with Crippen molar-refractivity contribution in [2.45, 2.75) is 19.8 Å². The Bertz CT molecular complexity index is 1020. The quantitative estimate of drug-likeness (QED) is 0.765. The van der Waals surface area contributed by atoms with Crippen molar-refractivity contribution in [2.75, 3.05) is 0 Å². The molecule has 0 spiro atoms. The first-order valence-electron chi connectivity index (χ1n) is 7.89. The van der Waals surface area contributed by atoms with Crippen molar-refractivity contribution in [3.63, 3.8) is 0 Å². The van der Waals surface area contributed by atoms with Crippen LogP contribution in [0, 0.1) is 25.2 Å². The predicted molar refractivity (Wildman–Crippen MR) is 96.7 cm³/mol. The molecular formula is C19H16N4OS. The fourth-order valence-corrected chi connectivity index (χ4v) is 4.15. The minimum atomic E-state index is -0.245. The second-order valence-corrected chi connectivity index (χ2v) is 7.24. The van der Waals surface area contributed by atoms with Gasteiger partial charge in [0.1, 0.15) is 11.6 Å². The van der Waals surface area contributed by atoms with E-state index in [2.05, 4.69) is 17.2 Å². The van der Waals surface area contributed by atoms with Crippen molar-refractivity contribution in [3.05, 3.63) is 74.9 Å². The minimum absolute atomic E-state index is 0.142. The van der Waals surface area contributed by atoms with Crippen LogP contribution in [0.3, 0.4) is 0 Å². The lowest BCUT2D eigenvalue weighted by Gasteiger charge is -2.23. The van der Waals surface area contributed by atoms with E-state index < -0.39 is 0 Å². The minimum Gasteiger partial charge on any atom is -0.422 e. The fraction of sp³-hybridized carbons (Fsp3) is 0.158. The van der Waals surface area contributed by atoms with Crippen molar-refractivity contribution in [1.29, 1.82) is 5.26 Å². The number of hydrogen-bond donors (Lipinski definition) is 1. The Balaban J connectivity index is 1.96. The molecule has 3 heterocycles. The number of nitrogens with zero attached hydrogens (tertiary/aromatic N) is 3. The van der Waals surface area contributed by atoms with Crippen LogP contribution >= 0.6 is 11.3 Å². The third kappa shape index (κ3) is 2.41. The highest BCUT2D eigenvalue weighted by Gasteiger charge is 2.36. The lowest BCUT2D eigenvalue weighted by Crippen LogP contribution is -2.21. The monoisotopic (exact) mass is 348 g/mol. The van der Waals surface area contributed by atoms with E-state index in [0.29, 0.717) is 11.5 Å². The average molecular weight is 348 g/mol. The van der Waals surface area contributed by atoms with Gasteiger partial charge < -0.3 is 10.5 Å². The van der Waals surface area contributed by atoms with E-state index in [1.54, 1.807) is 16.0 Å². The van der Waals surface area contributed by atoms with Crippen molar-refractivity contribution in [3.8, 4) is 17.6 Å². The van der Waals surface area contributed by atoms with E-state index in [1.807, 2.05) is 50.2 Å². The first-order chi connectivity index (χ1) is 12.1. The Kier molecular flexibility index (Phi) is 3.59. The first kappa shape index (κ1) is 15.5. The smallest absolute Gasteiger partial charge is 0.229 e. The van der Waals surface area contributed by atoms with Gasteiger partial charge in [0.15, 0.2) is 0 Å². The number of hydrogen-bond acceptors (Lipinski definition) is 5. The highest BCUT2D eigenvalue weighted by Crippen LogP contribution is 2.46. The topological polar surface area (TPSA) is 76.9 Å². The van der Waals surface area contributed by atoms with Crippen molar-refractivity contribution in [2.24, 2.45) is 5.73 Å². The van der Waals surface area contributed by atoms with Crippen LogP contribution in [0.1, 0.15) is 26.9 Å². The van der Waals surface area contributed by atoms with Crippen LogP contribution < -0.4 is 10.5 Å². The van der Waals surface area contributed by atoms with E-state index in [1.165, 1.54) is 4.88 Å². The number of benzene rings is 1. The lowest BCUT2D eigenvalue weighted by atomic mass is 9.89. The Morgan fingerprint density at radius 2 is 1.96 bits per heavy atom. The van der Waals surface area contributed by atoms with Crippen LogP contribution in [0.2, 0.25) is 0 Å². The molecule has 3 aromatic rings. The molecule has 2 N–H and O–H groups in total. The van der Waals surface area contributed by atoms with Gasteiger partial charge in [-0.3, -0.25) is 0 Å². The van der Waals surface area contributed by atoms with Crippen LogP contribution in [-0.2, 0) is 0 Å². The highest BCUT2D eigenvalue weighted by molar-refractivity contribution is 7.12. The van der Waals surface area contributed by atoms with Gasteiger partial charge >= 0.3 is 0 Å². The van der Waals surface area contributed by atoms with Crippen molar-refractivity contribution < 1.29 is 4.74 Å². The van der Waals surface area contributed by atoms with Gasteiger partial charge in [0.25, 0.3) is 0 Å². The third-order valence-corrected chi connectivity index (χ3v) is 5.34. The number of thiophene rings is 1. The van der Waals surface area contributed by atoms with E-state index in [-0.39, 0.29) is 11.8 Å². The number of para-hydroxylation sites is 1. The molecule has 6 heteroatoms. The number of fused-ring (bicyclic) bond motifs is 1. The Morgan fingerprint density at radius 3 is 2.60 bits per heavy atom. The fourth-order valence-electron chi connectivity index (χ4n) is 3.15. The third-order valence-electron chi connectivity index (χ3n) is 4.28. The van der Waals surface area contributed by atoms with Gasteiger partial charge in [0.05, 0.1) is 22.9 Å². The van der Waals surface area contributed by atoms with E-state index >= 15 is 0 Å². The van der Waals surface area contributed by atoms with Gasteiger partial charge in [-0.25, -0.2) is 4.68 Å². The van der Waals surface area contributed by atoms with Crippen LogP contribution in [-0.4, -0.2) is 9.78 Å². The highest BCUT2D eigenvalue weighted by atomic mass is 32.1. The van der Waals surface area contributed by atoms with Crippen LogP contribution in [0.5, 0.6) is 5.88 Å². The molecule has 0 amide bonds. The molecule has 0 saturated carbocycles. The molecule has 1 aliphatic heterocycles. The molecule has 1 aliphatic rings. The zero-order chi connectivity index (χ0) is 17.6. The van der Waals surface area contributed by atoms with E-state index in [9.17, 15) is 5.26 Å². The van der Waals surface area contributed by atoms with Crippen LogP contribution in [0.4, 0.5) is 0 Å². The molecule has 0 aliphatic carbocycles. The molecule has 2 aromatic heterocycles. The van der Waals surface area contributed by atoms with Gasteiger partial charge in [0.2, 0.25) is 11.8 Å². The van der Waals surface area contributed by atoms with Gasteiger partial charge in [-0.15, -0.1) is 11.3 Å². The van der Waals surface area contributed by atoms with Crippen molar-refractivity contribution in [1.82, 2.24) is 9.78 Å². The molecule has 0 bridgehead atoms. The second-order valence-electron chi connectivity index (χ2n) is 5.92. The summed E-state index contributed by atoms with van der Waals surface area (Å²) in [6, 6.07) is 16.1. The molecule has 1 atom stereocenters. The summed E-state index contributed by atoms with van der Waals surface area (Å²) < 4.78 is 7.59. The summed E-state index contributed by atoms with van der Waals surface area (Å²) in [5.41, 5.74) is 9.15. The molecule has 5 nitrogen and oxygen atoms in total. The maximum atomic E-state index is 9.65. The number of ether oxygens (including phenoxy) is 1. The maximum Gasteiger partial charge on any atom is 0.229 e. The molecule has 1 aromatic carbocycles. The van der Waals surface area contributed by atoms with Crippen LogP contribution in [0.25, 0.3) is 5.69 Å². The summed E-state index contributed by atoms with van der Waals surface area (Å²) in [5.74, 6) is 0.476. The Morgan fingerprint density at radius 1 is 1.20 bits per heavy atom. The summed E-state index contributed by atoms with van der Waals surface area (Å²) in [6.45, 7) is 3.99. The number of allylic oxidation sites excluding steroid dienone is 1. The summed E-state index contributed by atoms with van der Waals surface area (Å²) in [6.07, 6.45) is 0. The molecular weight excluding hydrogens is 332 g/mol. The number of nitrogens with two attached hydrogens (primary N) is 1. The first-order valence-corrected chi connectivity index (χ1v) is 8.70. The molecule has 4 rings (SSSR count). The Labute approximate surface area is 149 Å². The SMILES string of the molecule is Cc1ccc(C2C(C#N)=C(N)Oc3c2c(C)nn3-c2ccccc2)s1. The standard InChI is InChI=1S/C19H16N4OS/c1-11-8-9-15(25-11)17-14(10-20)18(21)24-19-16(17)12(2)22-23(19)13-6-4-3-5-7-13/h3-9,17H,21H2,1-2H3. The molecule has 0 fully saturated rings. The van der Waals surface area contributed by atoms with Crippen LogP contribution in [0.15, 0.2) is 53.9 Å². The Hall–Kier alpha value is -3.04. The summed E-state index contributed by atoms with van der Waals surface area (Å²) in [7, 11) is 0. The number of aromatic nitrogens is 2. The maximum absolute atomic E-state index is 9.65. The van der Waals surface area contributed by atoms with Crippen molar-refractivity contribution >= 4 is 11.3 Å². The molecule has 0 radical (unpaired) electrons. The average Bonchev–Trinajstić information content (AvgIpc) is 3.18. The molecule has 124 valence electrons. The molecule has 25 heavy (non-hydrogen) atoms. The molecule has 1 unspecified atom stereocenters. The largest absolute Gasteiger partial charge is 0.422 e. The van der Waals surface area contributed by atoms with E-state index in [0.717, 1.165) is 21.8 Å². The number of nitriles is 1. The van der Waals surface area contributed by atoms with Gasteiger partial charge in [-0.2, -0.15) is 10.4 Å². The zero-order valence-corrected chi connectivity index (χ0v) is 14.7. The number of rotatable bonds is 2. The second kappa shape index (κ2) is 5.80. The summed E-state index contributed by atoms with van der Waals surface area (Å²) in [4.78, 5) is 2.25. The summed E-state index contributed by atoms with van der Waals surface area (Å²) in [5, 5.41) is 14.3. The zero-order valence-electron chi connectivity index (χ0n) is 13.9. The summed E-state index contributed by atoms with van der Waals surface area (Å²) >= 11 is 1.66. The van der Waals surface area contributed by atoms with Gasteiger partial charge in [-0.1, -0.05) is 18.2 Å². The predicted octanol–water partition coefficient (Wildman–Crippen LogP) is 3.77. The lowest BCUT2D eigenvalue weighted by molar-refractivity contribution is 0.367. The van der Waals surface area contributed by atoms with E-state index in [4.69, 9.17) is 10.5 Å². The van der Waals surface area contributed by atoms with Gasteiger partial charge in [-0.05, 0) is 38.1 Å². The number of aryl methyl sites for hydroxylation is 2. The normalized spacial score (nSPS) is 16.3. The molecule has 0 saturated heterocycles.